The van der Waals surface area contributed by atoms with E-state index in [1.165, 1.54) is 0 Å². The molecule has 0 saturated heterocycles. The van der Waals surface area contributed by atoms with Gasteiger partial charge >= 0.3 is 0 Å². The molecular formula is C29H29N7S. The zero-order valence-corrected chi connectivity index (χ0v) is 22.0. The highest BCUT2D eigenvalue weighted by Crippen LogP contribution is 2.32. The molecule has 0 saturated carbocycles. The molecule has 0 unspecified atom stereocenters. The molecule has 8 heteroatoms. The summed E-state index contributed by atoms with van der Waals surface area (Å²) in [5.74, 6) is 1.19. The van der Waals surface area contributed by atoms with Gasteiger partial charge in [0.05, 0.1) is 28.8 Å². The van der Waals surface area contributed by atoms with Gasteiger partial charge in [-0.05, 0) is 48.9 Å². The first-order chi connectivity index (χ1) is 17.9. The van der Waals surface area contributed by atoms with Gasteiger partial charge in [-0.1, -0.05) is 45.2 Å². The zero-order valence-electron chi connectivity index (χ0n) is 21.2. The molecule has 3 N–H and O–H groups in total. The number of nitrogens with one attached hydrogen (secondary N) is 3. The molecule has 5 heterocycles. The molecular weight excluding hydrogens is 478 g/mol. The third kappa shape index (κ3) is 5.15. The second kappa shape index (κ2) is 10.4. The summed E-state index contributed by atoms with van der Waals surface area (Å²) in [6, 6.07) is 10.1. The van der Waals surface area contributed by atoms with Crippen LogP contribution in [0.15, 0.2) is 79.1 Å². The Kier molecular flexibility index (Phi) is 6.83. The number of imidazole rings is 1. The predicted octanol–water partition coefficient (Wildman–Crippen LogP) is 7.37. The van der Waals surface area contributed by atoms with Crippen molar-refractivity contribution in [2.45, 2.75) is 27.2 Å². The van der Waals surface area contributed by atoms with Crippen molar-refractivity contribution >= 4 is 33.6 Å². The molecule has 7 nitrogen and oxygen atoms in total. The van der Waals surface area contributed by atoms with Gasteiger partial charge in [0, 0.05) is 33.6 Å². The van der Waals surface area contributed by atoms with Crippen LogP contribution in [0.3, 0.4) is 0 Å². The molecule has 0 aliphatic heterocycles. The number of hydrogen-bond donors (Lipinski definition) is 3. The van der Waals surface area contributed by atoms with Gasteiger partial charge in [-0.3, -0.25) is 10.1 Å². The van der Waals surface area contributed by atoms with Crippen molar-refractivity contribution < 1.29 is 0 Å². The number of hydrogen-bond acceptors (Lipinski definition) is 6. The summed E-state index contributed by atoms with van der Waals surface area (Å²) in [6.07, 6.45) is 8.28. The number of anilines is 1. The van der Waals surface area contributed by atoms with Crippen LogP contribution in [0.1, 0.15) is 36.5 Å². The van der Waals surface area contributed by atoms with Crippen molar-refractivity contribution in [3.63, 3.8) is 0 Å². The minimum atomic E-state index is 0.527. The average molecular weight is 508 g/mol. The van der Waals surface area contributed by atoms with Crippen LogP contribution in [-0.2, 0) is 0 Å². The van der Waals surface area contributed by atoms with Crippen LogP contribution in [-0.4, -0.2) is 30.1 Å². The Hall–Kier alpha value is -4.30. The Morgan fingerprint density at radius 1 is 1.19 bits per heavy atom. The molecule has 0 fully saturated rings. The van der Waals surface area contributed by atoms with E-state index in [9.17, 15) is 0 Å². The van der Waals surface area contributed by atoms with Gasteiger partial charge in [0.25, 0.3) is 0 Å². The van der Waals surface area contributed by atoms with Crippen molar-refractivity contribution in [1.82, 2.24) is 30.1 Å². The molecule has 5 aromatic heterocycles. The van der Waals surface area contributed by atoms with Crippen LogP contribution in [0.4, 0.5) is 5.69 Å². The molecule has 186 valence electrons. The van der Waals surface area contributed by atoms with Gasteiger partial charge in [0.1, 0.15) is 5.52 Å². The summed E-state index contributed by atoms with van der Waals surface area (Å²) in [5, 5.41) is 13.1. The number of thiophene rings is 1. The molecule has 0 aliphatic carbocycles. The van der Waals surface area contributed by atoms with Crippen molar-refractivity contribution in [3.8, 4) is 22.8 Å². The highest BCUT2D eigenvalue weighted by atomic mass is 32.1. The first-order valence-corrected chi connectivity index (χ1v) is 13.0. The van der Waals surface area contributed by atoms with Gasteiger partial charge in [-0.25, -0.2) is 9.97 Å². The maximum atomic E-state index is 4.95. The molecule has 5 aromatic rings. The number of fused-ring (bicyclic) bond motifs is 1. The SMILES string of the molecule is C=C/C=C(/c1cccs1)c1nc(-c2n[nH]c3ccc(-c4cncc(NC(=C)CC(C)C)c4)nc23)[nH]c1C. The van der Waals surface area contributed by atoms with E-state index < -0.39 is 0 Å². The topological polar surface area (TPSA) is 95.2 Å². The Labute approximate surface area is 220 Å². The molecule has 37 heavy (non-hydrogen) atoms. The first-order valence-electron chi connectivity index (χ1n) is 12.1. The fraction of sp³-hybridized carbons (Fsp3) is 0.172. The van der Waals surface area contributed by atoms with Crippen LogP contribution in [0.5, 0.6) is 0 Å². The number of pyridine rings is 2. The number of aromatic nitrogens is 6. The molecule has 0 amide bonds. The molecule has 5 rings (SSSR count). The highest BCUT2D eigenvalue weighted by molar-refractivity contribution is 7.11. The second-order valence-electron chi connectivity index (χ2n) is 9.31. The maximum Gasteiger partial charge on any atom is 0.161 e. The molecule has 0 radical (unpaired) electrons. The Bertz CT molecular complexity index is 1600. The van der Waals surface area contributed by atoms with E-state index in [1.54, 1.807) is 23.6 Å². The summed E-state index contributed by atoms with van der Waals surface area (Å²) in [4.78, 5) is 18.8. The van der Waals surface area contributed by atoms with Crippen molar-refractivity contribution in [2.24, 2.45) is 5.92 Å². The molecule has 0 atom stereocenters. The van der Waals surface area contributed by atoms with E-state index >= 15 is 0 Å². The number of aryl methyl sites for hydroxylation is 1. The highest BCUT2D eigenvalue weighted by Gasteiger charge is 2.19. The largest absolute Gasteiger partial charge is 0.358 e. The standard InChI is InChI=1S/C29H29N7S/c1-6-8-22(25-9-7-12-37-25)26-19(5)32-29(34-26)28-27-24(35-36-28)11-10-23(33-27)20-14-21(16-30-15-20)31-18(4)13-17(2)3/h6-12,14-17,31H,1,4,13H2,2-3,5H3,(H,32,34)(H,35,36)/b22-8-. The van der Waals surface area contributed by atoms with Gasteiger partial charge in [-0.15, -0.1) is 11.3 Å². The lowest BCUT2D eigenvalue weighted by Crippen LogP contribution is -2.02. The van der Waals surface area contributed by atoms with E-state index in [2.05, 4.69) is 63.9 Å². The Balaban J connectivity index is 1.50. The number of rotatable bonds is 9. The van der Waals surface area contributed by atoms with Crippen molar-refractivity contribution in [2.75, 3.05) is 5.32 Å². The van der Waals surface area contributed by atoms with Crippen LogP contribution in [0.25, 0.3) is 39.4 Å². The lowest BCUT2D eigenvalue weighted by atomic mass is 10.1. The predicted molar refractivity (Wildman–Crippen MR) is 153 cm³/mol. The van der Waals surface area contributed by atoms with Gasteiger partial charge in [0.15, 0.2) is 11.5 Å². The van der Waals surface area contributed by atoms with E-state index in [0.29, 0.717) is 17.4 Å². The Morgan fingerprint density at radius 3 is 2.81 bits per heavy atom. The summed E-state index contributed by atoms with van der Waals surface area (Å²) >= 11 is 1.67. The zero-order chi connectivity index (χ0) is 25.9. The second-order valence-corrected chi connectivity index (χ2v) is 10.3. The van der Waals surface area contributed by atoms with Crippen LogP contribution in [0.2, 0.25) is 0 Å². The van der Waals surface area contributed by atoms with E-state index in [1.807, 2.05) is 43.5 Å². The molecule has 0 spiro atoms. The minimum absolute atomic E-state index is 0.527. The quantitative estimate of drug-likeness (QED) is 0.181. The van der Waals surface area contributed by atoms with Gasteiger partial charge < -0.3 is 10.3 Å². The summed E-state index contributed by atoms with van der Waals surface area (Å²) < 4.78 is 0. The van der Waals surface area contributed by atoms with E-state index in [4.69, 9.17) is 9.97 Å². The summed E-state index contributed by atoms with van der Waals surface area (Å²) in [6.45, 7) is 14.4. The summed E-state index contributed by atoms with van der Waals surface area (Å²) in [7, 11) is 0. The Morgan fingerprint density at radius 2 is 2.05 bits per heavy atom. The van der Waals surface area contributed by atoms with Crippen molar-refractivity contribution in [3.05, 3.63) is 95.4 Å². The average Bonchev–Trinajstić information content (AvgIpc) is 3.62. The van der Waals surface area contributed by atoms with Gasteiger partial charge in [-0.2, -0.15) is 5.10 Å². The fourth-order valence-corrected chi connectivity index (χ4v) is 5.04. The molecule has 0 aromatic carbocycles. The number of H-pyrrole nitrogens is 2. The third-order valence-electron chi connectivity index (χ3n) is 5.85. The lowest BCUT2D eigenvalue weighted by Gasteiger charge is -2.12. The van der Waals surface area contributed by atoms with Crippen LogP contribution >= 0.6 is 11.3 Å². The minimum Gasteiger partial charge on any atom is -0.358 e. The van der Waals surface area contributed by atoms with E-state index in [-0.39, 0.29) is 0 Å². The van der Waals surface area contributed by atoms with Crippen molar-refractivity contribution in [1.29, 1.82) is 0 Å². The van der Waals surface area contributed by atoms with E-state index in [0.717, 1.165) is 61.9 Å². The van der Waals surface area contributed by atoms with Gasteiger partial charge in [0.2, 0.25) is 0 Å². The smallest absolute Gasteiger partial charge is 0.161 e. The number of aromatic amines is 2. The number of allylic oxidation sites excluding steroid dienone is 3. The molecule has 0 aliphatic rings. The monoisotopic (exact) mass is 507 g/mol. The normalized spacial score (nSPS) is 11.8. The number of nitrogens with zero attached hydrogens (tertiary/aromatic N) is 4. The third-order valence-corrected chi connectivity index (χ3v) is 6.76. The van der Waals surface area contributed by atoms with Crippen LogP contribution in [0, 0.1) is 12.8 Å². The van der Waals surface area contributed by atoms with Crippen LogP contribution < -0.4 is 5.32 Å². The first kappa shape index (κ1) is 24.4. The maximum absolute atomic E-state index is 4.95. The molecule has 0 bridgehead atoms. The summed E-state index contributed by atoms with van der Waals surface area (Å²) in [5.41, 5.74) is 8.65. The fourth-order valence-electron chi connectivity index (χ4n) is 4.28. The lowest BCUT2D eigenvalue weighted by molar-refractivity contribution is 0.645.